The zero-order valence-corrected chi connectivity index (χ0v) is 10.6. The SMILES string of the molecule is CCNC(C)CC(=O)NCC(CC)CC. The molecule has 0 saturated carbocycles. The molecule has 0 rings (SSSR count). The maximum absolute atomic E-state index is 11.5. The summed E-state index contributed by atoms with van der Waals surface area (Å²) in [6.07, 6.45) is 2.85. The third-order valence-corrected chi connectivity index (χ3v) is 2.79. The van der Waals surface area contributed by atoms with Gasteiger partial charge in [0.1, 0.15) is 0 Å². The van der Waals surface area contributed by atoms with E-state index in [1.165, 1.54) is 0 Å². The second-order valence-corrected chi connectivity index (χ2v) is 4.15. The maximum atomic E-state index is 11.5. The van der Waals surface area contributed by atoms with Crippen LogP contribution in [0.15, 0.2) is 0 Å². The van der Waals surface area contributed by atoms with E-state index in [4.69, 9.17) is 0 Å². The van der Waals surface area contributed by atoms with Gasteiger partial charge in [-0.15, -0.1) is 0 Å². The zero-order chi connectivity index (χ0) is 11.7. The number of hydrogen-bond donors (Lipinski definition) is 2. The first kappa shape index (κ1) is 14.4. The van der Waals surface area contributed by atoms with Gasteiger partial charge in [-0.05, 0) is 19.4 Å². The molecule has 0 bridgehead atoms. The smallest absolute Gasteiger partial charge is 0.221 e. The van der Waals surface area contributed by atoms with Crippen LogP contribution in [0.1, 0.15) is 47.0 Å². The summed E-state index contributed by atoms with van der Waals surface area (Å²) in [5.74, 6) is 0.791. The van der Waals surface area contributed by atoms with Gasteiger partial charge in [-0.3, -0.25) is 4.79 Å². The Labute approximate surface area is 94.0 Å². The molecule has 2 N–H and O–H groups in total. The average Bonchev–Trinajstić information content (AvgIpc) is 2.19. The Morgan fingerprint density at radius 1 is 1.20 bits per heavy atom. The van der Waals surface area contributed by atoms with Crippen molar-refractivity contribution in [2.45, 2.75) is 53.0 Å². The summed E-state index contributed by atoms with van der Waals surface area (Å²) in [5.41, 5.74) is 0. The van der Waals surface area contributed by atoms with Gasteiger partial charge in [-0.2, -0.15) is 0 Å². The topological polar surface area (TPSA) is 41.1 Å². The maximum Gasteiger partial charge on any atom is 0.221 e. The van der Waals surface area contributed by atoms with Crippen LogP contribution < -0.4 is 10.6 Å². The van der Waals surface area contributed by atoms with Crippen LogP contribution in [0.2, 0.25) is 0 Å². The molecular weight excluding hydrogens is 188 g/mol. The molecule has 90 valence electrons. The van der Waals surface area contributed by atoms with Crippen molar-refractivity contribution < 1.29 is 4.79 Å². The van der Waals surface area contributed by atoms with Crippen LogP contribution in [0, 0.1) is 5.92 Å². The fourth-order valence-electron chi connectivity index (χ4n) is 1.61. The van der Waals surface area contributed by atoms with E-state index in [-0.39, 0.29) is 11.9 Å². The van der Waals surface area contributed by atoms with E-state index in [9.17, 15) is 4.79 Å². The number of nitrogens with one attached hydrogen (secondary N) is 2. The Balaban J connectivity index is 3.64. The molecule has 0 saturated heterocycles. The fourth-order valence-corrected chi connectivity index (χ4v) is 1.61. The molecule has 3 nitrogen and oxygen atoms in total. The molecule has 0 aromatic carbocycles. The standard InChI is InChI=1S/C12H26N2O/c1-5-11(6-2)9-14-12(15)8-10(4)13-7-3/h10-11,13H,5-9H2,1-4H3,(H,14,15). The third-order valence-electron chi connectivity index (χ3n) is 2.79. The number of hydrogen-bond acceptors (Lipinski definition) is 2. The van der Waals surface area contributed by atoms with E-state index >= 15 is 0 Å². The van der Waals surface area contributed by atoms with Gasteiger partial charge in [0.05, 0.1) is 0 Å². The number of amides is 1. The second kappa shape index (κ2) is 8.72. The summed E-state index contributed by atoms with van der Waals surface area (Å²) in [4.78, 5) is 11.5. The summed E-state index contributed by atoms with van der Waals surface area (Å²) >= 11 is 0. The number of carbonyl (C=O) groups is 1. The molecule has 0 radical (unpaired) electrons. The Morgan fingerprint density at radius 2 is 1.80 bits per heavy atom. The molecule has 1 atom stereocenters. The third kappa shape index (κ3) is 7.37. The molecule has 0 aliphatic carbocycles. The van der Waals surface area contributed by atoms with E-state index in [0.29, 0.717) is 12.3 Å². The number of rotatable bonds is 8. The van der Waals surface area contributed by atoms with E-state index in [0.717, 1.165) is 25.9 Å². The van der Waals surface area contributed by atoms with Gasteiger partial charge >= 0.3 is 0 Å². The van der Waals surface area contributed by atoms with Gasteiger partial charge < -0.3 is 10.6 Å². The van der Waals surface area contributed by atoms with Crippen LogP contribution in [0.25, 0.3) is 0 Å². The van der Waals surface area contributed by atoms with Crippen molar-refractivity contribution >= 4 is 5.91 Å². The summed E-state index contributed by atoms with van der Waals surface area (Å²) in [6, 6.07) is 0.275. The molecule has 0 spiro atoms. The first-order valence-corrected chi connectivity index (χ1v) is 6.14. The largest absolute Gasteiger partial charge is 0.356 e. The van der Waals surface area contributed by atoms with Crippen LogP contribution in [0.3, 0.4) is 0 Å². The average molecular weight is 214 g/mol. The van der Waals surface area contributed by atoms with E-state index in [1.807, 2.05) is 6.92 Å². The lowest BCUT2D eigenvalue weighted by molar-refractivity contribution is -0.121. The highest BCUT2D eigenvalue weighted by molar-refractivity contribution is 5.76. The highest BCUT2D eigenvalue weighted by atomic mass is 16.1. The molecule has 1 unspecified atom stereocenters. The molecule has 3 heteroatoms. The normalized spacial score (nSPS) is 12.9. The first-order valence-electron chi connectivity index (χ1n) is 6.14. The molecule has 0 heterocycles. The van der Waals surface area contributed by atoms with Gasteiger partial charge in [0, 0.05) is 19.0 Å². The molecule has 0 aromatic rings. The monoisotopic (exact) mass is 214 g/mol. The molecular formula is C12H26N2O. The summed E-state index contributed by atoms with van der Waals surface area (Å²) in [6.45, 7) is 10.2. The summed E-state index contributed by atoms with van der Waals surface area (Å²) in [7, 11) is 0. The van der Waals surface area contributed by atoms with Gasteiger partial charge in [0.15, 0.2) is 0 Å². The lowest BCUT2D eigenvalue weighted by Crippen LogP contribution is -2.35. The van der Waals surface area contributed by atoms with E-state index < -0.39 is 0 Å². The van der Waals surface area contributed by atoms with Gasteiger partial charge in [-0.25, -0.2) is 0 Å². The van der Waals surface area contributed by atoms with E-state index in [1.54, 1.807) is 0 Å². The molecule has 15 heavy (non-hydrogen) atoms. The first-order chi connectivity index (χ1) is 7.13. The lowest BCUT2D eigenvalue weighted by atomic mass is 10.0. The molecule has 0 aromatic heterocycles. The van der Waals surface area contributed by atoms with Crippen molar-refractivity contribution in [2.75, 3.05) is 13.1 Å². The molecule has 0 aliphatic heterocycles. The van der Waals surface area contributed by atoms with Crippen molar-refractivity contribution in [1.82, 2.24) is 10.6 Å². The molecule has 0 fully saturated rings. The zero-order valence-electron chi connectivity index (χ0n) is 10.6. The van der Waals surface area contributed by atoms with Crippen molar-refractivity contribution in [2.24, 2.45) is 5.92 Å². The van der Waals surface area contributed by atoms with Crippen LogP contribution >= 0.6 is 0 Å². The summed E-state index contributed by atoms with van der Waals surface area (Å²) < 4.78 is 0. The predicted octanol–water partition coefficient (Wildman–Crippen LogP) is 1.93. The Morgan fingerprint density at radius 3 is 2.27 bits per heavy atom. The van der Waals surface area contributed by atoms with Gasteiger partial charge in [0.25, 0.3) is 0 Å². The Bertz CT molecular complexity index is 167. The van der Waals surface area contributed by atoms with Gasteiger partial charge in [0.2, 0.25) is 5.91 Å². The highest BCUT2D eigenvalue weighted by Crippen LogP contribution is 2.05. The molecule has 1 amide bonds. The molecule has 0 aliphatic rings. The second-order valence-electron chi connectivity index (χ2n) is 4.15. The minimum Gasteiger partial charge on any atom is -0.356 e. The Hall–Kier alpha value is -0.570. The van der Waals surface area contributed by atoms with Crippen LogP contribution in [0.5, 0.6) is 0 Å². The van der Waals surface area contributed by atoms with Crippen LogP contribution in [-0.2, 0) is 4.79 Å². The predicted molar refractivity (Wildman–Crippen MR) is 64.8 cm³/mol. The highest BCUT2D eigenvalue weighted by Gasteiger charge is 2.09. The van der Waals surface area contributed by atoms with Gasteiger partial charge in [-0.1, -0.05) is 33.6 Å². The van der Waals surface area contributed by atoms with Crippen LogP contribution in [0.4, 0.5) is 0 Å². The van der Waals surface area contributed by atoms with Crippen LogP contribution in [-0.4, -0.2) is 25.0 Å². The number of carbonyl (C=O) groups excluding carboxylic acids is 1. The Kier molecular flexibility index (Phi) is 8.38. The fraction of sp³-hybridized carbons (Fsp3) is 0.917. The van der Waals surface area contributed by atoms with Crippen molar-refractivity contribution in [3.63, 3.8) is 0 Å². The minimum absolute atomic E-state index is 0.162. The minimum atomic E-state index is 0.162. The van der Waals surface area contributed by atoms with Crippen molar-refractivity contribution in [3.05, 3.63) is 0 Å². The summed E-state index contributed by atoms with van der Waals surface area (Å²) in [5, 5.41) is 6.23. The van der Waals surface area contributed by atoms with Crippen molar-refractivity contribution in [1.29, 1.82) is 0 Å². The van der Waals surface area contributed by atoms with E-state index in [2.05, 4.69) is 31.4 Å². The lowest BCUT2D eigenvalue weighted by Gasteiger charge is -2.15. The van der Waals surface area contributed by atoms with Crippen molar-refractivity contribution in [3.8, 4) is 0 Å². The quantitative estimate of drug-likeness (QED) is 0.648.